The smallest absolute Gasteiger partial charge is 0.242 e. The van der Waals surface area contributed by atoms with E-state index >= 15 is 0 Å². The summed E-state index contributed by atoms with van der Waals surface area (Å²) in [5.74, 6) is 0. The summed E-state index contributed by atoms with van der Waals surface area (Å²) in [5, 5.41) is 3.05. The molecule has 0 aromatic heterocycles. The van der Waals surface area contributed by atoms with Gasteiger partial charge >= 0.3 is 0 Å². The van der Waals surface area contributed by atoms with Crippen LogP contribution in [0.3, 0.4) is 0 Å². The number of hydrogen-bond acceptors (Lipinski definition) is 3. The van der Waals surface area contributed by atoms with E-state index in [2.05, 4.69) is 26.0 Å². The standard InChI is InChI=1S/C8H9BrN2O2S/c9-6-1-2-7-8(5-6)14(12,13)11-4-3-10-7/h1-2,5,10-11H,3-4H2. The number of anilines is 1. The Labute approximate surface area is 90.9 Å². The lowest BCUT2D eigenvalue weighted by atomic mass is 10.3. The Hall–Kier alpha value is -0.590. The largest absolute Gasteiger partial charge is 0.383 e. The summed E-state index contributed by atoms with van der Waals surface area (Å²) >= 11 is 3.25. The first-order chi connectivity index (χ1) is 6.59. The molecule has 1 aromatic carbocycles. The molecule has 14 heavy (non-hydrogen) atoms. The number of nitrogens with one attached hydrogen (secondary N) is 2. The van der Waals surface area contributed by atoms with Crippen LogP contribution in [0, 0.1) is 0 Å². The lowest BCUT2D eigenvalue weighted by molar-refractivity contribution is 0.585. The van der Waals surface area contributed by atoms with Gasteiger partial charge in [0.15, 0.2) is 0 Å². The van der Waals surface area contributed by atoms with E-state index < -0.39 is 10.0 Å². The summed E-state index contributed by atoms with van der Waals surface area (Å²) in [7, 11) is -3.34. The second-order valence-electron chi connectivity index (χ2n) is 2.97. The lowest BCUT2D eigenvalue weighted by Gasteiger charge is -2.06. The first kappa shape index (κ1) is 9.95. The minimum absolute atomic E-state index is 0.296. The fraction of sp³-hybridized carbons (Fsp3) is 0.250. The molecule has 0 saturated heterocycles. The Morgan fingerprint density at radius 1 is 1.29 bits per heavy atom. The highest BCUT2D eigenvalue weighted by Gasteiger charge is 2.20. The fourth-order valence-corrected chi connectivity index (χ4v) is 3.08. The molecular weight excluding hydrogens is 268 g/mol. The number of benzene rings is 1. The predicted octanol–water partition coefficient (Wildman–Crippen LogP) is 1.15. The van der Waals surface area contributed by atoms with Crippen LogP contribution in [0.25, 0.3) is 0 Å². The molecular formula is C8H9BrN2O2S. The van der Waals surface area contributed by atoms with Crippen LogP contribution in [0.4, 0.5) is 5.69 Å². The van der Waals surface area contributed by atoms with Crippen LogP contribution in [0.1, 0.15) is 0 Å². The first-order valence-electron chi connectivity index (χ1n) is 4.13. The van der Waals surface area contributed by atoms with Gasteiger partial charge in [0.25, 0.3) is 0 Å². The van der Waals surface area contributed by atoms with Gasteiger partial charge in [0.2, 0.25) is 10.0 Å². The van der Waals surface area contributed by atoms with Gasteiger partial charge in [-0.15, -0.1) is 0 Å². The maximum absolute atomic E-state index is 11.7. The molecule has 2 rings (SSSR count). The number of halogens is 1. The van der Waals surface area contributed by atoms with Crippen LogP contribution in [-0.4, -0.2) is 21.5 Å². The molecule has 0 unspecified atom stereocenters. The number of rotatable bonds is 0. The summed E-state index contributed by atoms with van der Waals surface area (Å²) in [5.41, 5.74) is 0.651. The molecule has 0 radical (unpaired) electrons. The van der Waals surface area contributed by atoms with E-state index in [1.54, 1.807) is 12.1 Å². The topological polar surface area (TPSA) is 58.2 Å². The molecule has 0 atom stereocenters. The third-order valence-electron chi connectivity index (χ3n) is 1.97. The highest BCUT2D eigenvalue weighted by atomic mass is 79.9. The Morgan fingerprint density at radius 3 is 2.86 bits per heavy atom. The van der Waals surface area contributed by atoms with Crippen molar-refractivity contribution in [1.29, 1.82) is 0 Å². The quantitative estimate of drug-likeness (QED) is 0.748. The van der Waals surface area contributed by atoms with Gasteiger partial charge in [-0.2, -0.15) is 0 Å². The minimum Gasteiger partial charge on any atom is -0.383 e. The maximum Gasteiger partial charge on any atom is 0.242 e. The van der Waals surface area contributed by atoms with Crippen LogP contribution in [0.2, 0.25) is 0 Å². The van der Waals surface area contributed by atoms with Gasteiger partial charge in [0.1, 0.15) is 4.90 Å². The minimum atomic E-state index is -3.34. The van der Waals surface area contributed by atoms with E-state index in [1.165, 1.54) is 0 Å². The van der Waals surface area contributed by atoms with Gasteiger partial charge < -0.3 is 5.32 Å². The van der Waals surface area contributed by atoms with Gasteiger partial charge in [-0.05, 0) is 18.2 Å². The Bertz CT molecular complexity index is 458. The maximum atomic E-state index is 11.7. The summed E-state index contributed by atoms with van der Waals surface area (Å²) in [6.45, 7) is 1.02. The molecule has 1 aliphatic rings. The van der Waals surface area contributed by atoms with Crippen LogP contribution in [-0.2, 0) is 10.0 Å². The molecule has 2 N–H and O–H groups in total. The molecule has 1 aliphatic heterocycles. The molecule has 6 heteroatoms. The normalized spacial score (nSPS) is 19.2. The number of sulfonamides is 1. The van der Waals surface area contributed by atoms with Crippen molar-refractivity contribution in [1.82, 2.24) is 4.72 Å². The predicted molar refractivity (Wildman–Crippen MR) is 57.8 cm³/mol. The van der Waals surface area contributed by atoms with Crippen LogP contribution in [0.15, 0.2) is 27.6 Å². The van der Waals surface area contributed by atoms with Crippen molar-refractivity contribution in [3.05, 3.63) is 22.7 Å². The van der Waals surface area contributed by atoms with Crippen molar-refractivity contribution in [3.63, 3.8) is 0 Å². The van der Waals surface area contributed by atoms with E-state index in [0.29, 0.717) is 23.7 Å². The Kier molecular flexibility index (Phi) is 2.50. The van der Waals surface area contributed by atoms with Crippen molar-refractivity contribution < 1.29 is 8.42 Å². The zero-order valence-corrected chi connectivity index (χ0v) is 9.65. The van der Waals surface area contributed by atoms with Crippen molar-refractivity contribution in [2.75, 3.05) is 18.4 Å². The average Bonchev–Trinajstić information content (AvgIpc) is 2.26. The van der Waals surface area contributed by atoms with Gasteiger partial charge in [0, 0.05) is 17.6 Å². The van der Waals surface area contributed by atoms with Crippen molar-refractivity contribution in [2.45, 2.75) is 4.90 Å². The monoisotopic (exact) mass is 276 g/mol. The SMILES string of the molecule is O=S1(=O)NCCNc2ccc(Br)cc21. The molecule has 4 nitrogen and oxygen atoms in total. The number of hydrogen-bond donors (Lipinski definition) is 2. The average molecular weight is 277 g/mol. The van der Waals surface area contributed by atoms with Crippen molar-refractivity contribution in [3.8, 4) is 0 Å². The highest BCUT2D eigenvalue weighted by Crippen LogP contribution is 2.26. The van der Waals surface area contributed by atoms with Gasteiger partial charge in [-0.1, -0.05) is 15.9 Å². The van der Waals surface area contributed by atoms with Crippen molar-refractivity contribution in [2.24, 2.45) is 0 Å². The molecule has 0 saturated carbocycles. The molecule has 1 aromatic rings. The van der Waals surface area contributed by atoms with Crippen LogP contribution < -0.4 is 10.0 Å². The fourth-order valence-electron chi connectivity index (χ4n) is 1.32. The second kappa shape index (κ2) is 3.52. The summed E-state index contributed by atoms with van der Waals surface area (Å²) in [6.07, 6.45) is 0. The third-order valence-corrected chi connectivity index (χ3v) is 3.96. The third kappa shape index (κ3) is 1.77. The molecule has 1 heterocycles. The molecule has 0 bridgehead atoms. The van der Waals surface area contributed by atoms with E-state index in [1.807, 2.05) is 6.07 Å². The summed E-state index contributed by atoms with van der Waals surface area (Å²) < 4.78 is 26.6. The van der Waals surface area contributed by atoms with E-state index in [9.17, 15) is 8.42 Å². The molecule has 0 fully saturated rings. The van der Waals surface area contributed by atoms with Gasteiger partial charge in [0.05, 0.1) is 5.69 Å². The van der Waals surface area contributed by atoms with Gasteiger partial charge in [-0.3, -0.25) is 0 Å². The number of fused-ring (bicyclic) bond motifs is 1. The van der Waals surface area contributed by atoms with Crippen LogP contribution in [0.5, 0.6) is 0 Å². The second-order valence-corrected chi connectivity index (χ2v) is 5.62. The molecule has 0 amide bonds. The van der Waals surface area contributed by atoms with E-state index in [-0.39, 0.29) is 0 Å². The lowest BCUT2D eigenvalue weighted by Crippen LogP contribution is -2.25. The van der Waals surface area contributed by atoms with Gasteiger partial charge in [-0.25, -0.2) is 13.1 Å². The first-order valence-corrected chi connectivity index (χ1v) is 6.40. The molecule has 76 valence electrons. The zero-order valence-electron chi connectivity index (χ0n) is 7.25. The zero-order chi connectivity index (χ0) is 10.2. The summed E-state index contributed by atoms with van der Waals surface area (Å²) in [6, 6.07) is 5.16. The molecule has 0 aliphatic carbocycles. The van der Waals surface area contributed by atoms with E-state index in [0.717, 1.165) is 4.47 Å². The summed E-state index contributed by atoms with van der Waals surface area (Å²) in [4.78, 5) is 0.296. The van der Waals surface area contributed by atoms with E-state index in [4.69, 9.17) is 0 Å². The van der Waals surface area contributed by atoms with Crippen molar-refractivity contribution >= 4 is 31.6 Å². The Morgan fingerprint density at radius 2 is 2.07 bits per heavy atom. The highest BCUT2D eigenvalue weighted by molar-refractivity contribution is 9.10. The Balaban J connectivity index is 2.64. The molecule has 0 spiro atoms. The van der Waals surface area contributed by atoms with Crippen LogP contribution >= 0.6 is 15.9 Å².